The van der Waals surface area contributed by atoms with Crippen LogP contribution in [0.25, 0.3) is 0 Å². The van der Waals surface area contributed by atoms with E-state index in [1.807, 2.05) is 18.1 Å². The zero-order chi connectivity index (χ0) is 15.4. The quantitative estimate of drug-likeness (QED) is 0.896. The molecule has 1 saturated heterocycles. The first-order chi connectivity index (χ1) is 10.0. The Hall–Kier alpha value is -1.50. The van der Waals surface area contributed by atoms with Crippen LogP contribution in [0.4, 0.5) is 0 Å². The van der Waals surface area contributed by atoms with Crippen LogP contribution in [-0.2, 0) is 4.79 Å². The van der Waals surface area contributed by atoms with Crippen molar-refractivity contribution >= 4 is 23.6 Å². The van der Waals surface area contributed by atoms with Crippen molar-refractivity contribution < 1.29 is 14.7 Å². The lowest BCUT2D eigenvalue weighted by Gasteiger charge is -2.33. The van der Waals surface area contributed by atoms with Gasteiger partial charge < -0.3 is 10.0 Å². The summed E-state index contributed by atoms with van der Waals surface area (Å²) in [6.45, 7) is 3.40. The second kappa shape index (κ2) is 6.98. The zero-order valence-electron chi connectivity index (χ0n) is 12.4. The molecular weight excluding hydrogens is 290 g/mol. The van der Waals surface area contributed by atoms with Gasteiger partial charge in [-0.2, -0.15) is 16.9 Å². The van der Waals surface area contributed by atoms with Crippen LogP contribution in [0.3, 0.4) is 0 Å². The van der Waals surface area contributed by atoms with Crippen LogP contribution < -0.4 is 0 Å². The van der Waals surface area contributed by atoms with Gasteiger partial charge in [-0.25, -0.2) is 4.79 Å². The van der Waals surface area contributed by atoms with Crippen molar-refractivity contribution in [3.05, 3.63) is 18.0 Å². The number of aromatic nitrogens is 2. The van der Waals surface area contributed by atoms with Crippen LogP contribution in [-0.4, -0.2) is 56.8 Å². The normalized spacial score (nSPS) is 17.7. The van der Waals surface area contributed by atoms with Gasteiger partial charge in [0.25, 0.3) is 0 Å². The summed E-state index contributed by atoms with van der Waals surface area (Å²) in [5.41, 5.74) is 0.210. The second-order valence-corrected chi connectivity index (χ2v) is 6.34. The lowest BCUT2D eigenvalue weighted by molar-refractivity contribution is -0.135. The number of amides is 1. The molecule has 1 amide bonds. The minimum absolute atomic E-state index is 0.0554. The number of carboxylic acids is 1. The van der Waals surface area contributed by atoms with Crippen LogP contribution in [0.5, 0.6) is 0 Å². The van der Waals surface area contributed by atoms with Gasteiger partial charge in [0.2, 0.25) is 5.91 Å². The first kappa shape index (κ1) is 15.9. The number of carbonyl (C=O) groups excluding carboxylic acids is 1. The van der Waals surface area contributed by atoms with E-state index in [-0.39, 0.29) is 23.4 Å². The highest BCUT2D eigenvalue weighted by molar-refractivity contribution is 7.98. The molecule has 7 heteroatoms. The third-order valence-electron chi connectivity index (χ3n) is 3.84. The molecule has 1 N–H and O–H groups in total. The molecule has 116 valence electrons. The maximum atomic E-state index is 12.2. The van der Waals surface area contributed by atoms with Crippen LogP contribution >= 0.6 is 11.8 Å². The molecule has 1 atom stereocenters. The van der Waals surface area contributed by atoms with Gasteiger partial charge in [-0.15, -0.1) is 0 Å². The number of thioether (sulfide) groups is 1. The van der Waals surface area contributed by atoms with E-state index in [4.69, 9.17) is 5.11 Å². The van der Waals surface area contributed by atoms with E-state index in [1.54, 1.807) is 22.6 Å². The first-order valence-corrected chi connectivity index (χ1v) is 8.47. The molecule has 2 heterocycles. The van der Waals surface area contributed by atoms with Crippen molar-refractivity contribution in [2.45, 2.75) is 25.8 Å². The van der Waals surface area contributed by atoms with Gasteiger partial charge in [-0.05, 0) is 19.1 Å². The maximum Gasteiger partial charge on any atom is 0.338 e. The molecule has 1 fully saturated rings. The number of aromatic carboxylic acids is 1. The summed E-state index contributed by atoms with van der Waals surface area (Å²) >= 11 is 1.69. The van der Waals surface area contributed by atoms with Crippen LogP contribution in [0, 0.1) is 5.92 Å². The Morgan fingerprint density at radius 2 is 2.14 bits per heavy atom. The highest BCUT2D eigenvalue weighted by Gasteiger charge is 2.27. The summed E-state index contributed by atoms with van der Waals surface area (Å²) in [4.78, 5) is 25.0. The summed E-state index contributed by atoms with van der Waals surface area (Å²) < 4.78 is 1.72. The molecule has 1 aromatic heterocycles. The second-order valence-electron chi connectivity index (χ2n) is 5.43. The molecule has 0 radical (unpaired) electrons. The van der Waals surface area contributed by atoms with Crippen molar-refractivity contribution in [3.8, 4) is 0 Å². The topological polar surface area (TPSA) is 75.4 Å². The Balaban J connectivity index is 1.90. The number of piperidine rings is 1. The minimum atomic E-state index is -0.959. The van der Waals surface area contributed by atoms with E-state index in [1.165, 1.54) is 6.20 Å². The maximum absolute atomic E-state index is 12.2. The summed E-state index contributed by atoms with van der Waals surface area (Å²) in [7, 11) is 0. The van der Waals surface area contributed by atoms with E-state index in [2.05, 4.69) is 5.10 Å². The van der Waals surface area contributed by atoms with Crippen LogP contribution in [0.15, 0.2) is 12.4 Å². The van der Waals surface area contributed by atoms with Crippen molar-refractivity contribution in [2.75, 3.05) is 25.1 Å². The first-order valence-electron chi connectivity index (χ1n) is 7.08. The van der Waals surface area contributed by atoms with Crippen molar-refractivity contribution in [3.63, 3.8) is 0 Å². The van der Waals surface area contributed by atoms with E-state index < -0.39 is 5.97 Å². The van der Waals surface area contributed by atoms with Gasteiger partial charge >= 0.3 is 5.97 Å². The van der Waals surface area contributed by atoms with Gasteiger partial charge in [0.05, 0.1) is 17.8 Å². The largest absolute Gasteiger partial charge is 0.478 e. The summed E-state index contributed by atoms with van der Waals surface area (Å²) in [6, 6.07) is 0.179. The lowest BCUT2D eigenvalue weighted by atomic mass is 10.0. The Kier molecular flexibility index (Phi) is 5.27. The Morgan fingerprint density at radius 1 is 1.48 bits per heavy atom. The Labute approximate surface area is 128 Å². The number of likely N-dealkylation sites (tertiary alicyclic amines) is 1. The lowest BCUT2D eigenvalue weighted by Crippen LogP contribution is -2.42. The highest BCUT2D eigenvalue weighted by atomic mass is 32.2. The molecular formula is C14H21N3O3S. The van der Waals surface area contributed by atoms with E-state index in [0.29, 0.717) is 13.1 Å². The van der Waals surface area contributed by atoms with Gasteiger partial charge in [0.1, 0.15) is 0 Å². The molecule has 6 nitrogen and oxygen atoms in total. The predicted octanol–water partition coefficient (Wildman–Crippen LogP) is 1.74. The summed E-state index contributed by atoms with van der Waals surface area (Å²) in [5, 5.41) is 13.0. The molecule has 1 unspecified atom stereocenters. The number of nitrogens with zero attached hydrogens (tertiary/aromatic N) is 3. The SMILES string of the molecule is CSCC(C)C(=O)N1CCC(n2cc(C(=O)O)cn2)CC1. The zero-order valence-corrected chi connectivity index (χ0v) is 13.2. The third-order valence-corrected chi connectivity index (χ3v) is 4.67. The summed E-state index contributed by atoms with van der Waals surface area (Å²) in [5.74, 6) is 0.161. The molecule has 0 bridgehead atoms. The average molecular weight is 311 g/mol. The molecule has 21 heavy (non-hydrogen) atoms. The van der Waals surface area contributed by atoms with Crippen LogP contribution in [0.1, 0.15) is 36.2 Å². The van der Waals surface area contributed by atoms with Gasteiger partial charge in [-0.3, -0.25) is 9.48 Å². The molecule has 2 rings (SSSR count). The Morgan fingerprint density at radius 3 is 2.67 bits per heavy atom. The van der Waals surface area contributed by atoms with E-state index in [0.717, 1.165) is 18.6 Å². The van der Waals surface area contributed by atoms with Gasteiger partial charge in [0.15, 0.2) is 0 Å². The van der Waals surface area contributed by atoms with Gasteiger partial charge in [-0.1, -0.05) is 6.92 Å². The van der Waals surface area contributed by atoms with Gasteiger partial charge in [0, 0.05) is 31.0 Å². The van der Waals surface area contributed by atoms with Crippen molar-refractivity contribution in [2.24, 2.45) is 5.92 Å². The standard InChI is InChI=1S/C14H21N3O3S/c1-10(9-21-2)13(18)16-5-3-12(4-6-16)17-8-11(7-15-17)14(19)20/h7-8,10,12H,3-6,9H2,1-2H3,(H,19,20). The minimum Gasteiger partial charge on any atom is -0.478 e. The molecule has 0 spiro atoms. The smallest absolute Gasteiger partial charge is 0.338 e. The molecule has 0 aliphatic carbocycles. The average Bonchev–Trinajstić information content (AvgIpc) is 2.97. The molecule has 0 saturated carbocycles. The van der Waals surface area contributed by atoms with E-state index >= 15 is 0 Å². The molecule has 1 aromatic rings. The third kappa shape index (κ3) is 3.78. The molecule has 1 aliphatic heterocycles. The molecule has 0 aromatic carbocycles. The number of hydrogen-bond acceptors (Lipinski definition) is 4. The number of carbonyl (C=O) groups is 2. The van der Waals surface area contributed by atoms with Crippen molar-refractivity contribution in [1.82, 2.24) is 14.7 Å². The number of rotatable bonds is 5. The number of hydrogen-bond donors (Lipinski definition) is 1. The van der Waals surface area contributed by atoms with Crippen LogP contribution in [0.2, 0.25) is 0 Å². The number of carboxylic acid groups (broad SMARTS) is 1. The van der Waals surface area contributed by atoms with E-state index in [9.17, 15) is 9.59 Å². The summed E-state index contributed by atoms with van der Waals surface area (Å²) in [6.07, 6.45) is 6.59. The van der Waals surface area contributed by atoms with Crippen molar-refractivity contribution in [1.29, 1.82) is 0 Å². The molecule has 1 aliphatic rings. The predicted molar refractivity (Wildman–Crippen MR) is 81.6 cm³/mol. The Bertz CT molecular complexity index is 509. The monoisotopic (exact) mass is 311 g/mol. The highest BCUT2D eigenvalue weighted by Crippen LogP contribution is 2.23. The fourth-order valence-corrected chi connectivity index (χ4v) is 3.27. The fraction of sp³-hybridized carbons (Fsp3) is 0.643. The fourth-order valence-electron chi connectivity index (χ4n) is 2.63.